The quantitative estimate of drug-likeness (QED) is 0.613. The van der Waals surface area contributed by atoms with Gasteiger partial charge in [-0.1, -0.05) is 57.6 Å². The molecule has 19 heavy (non-hydrogen) atoms. The molecule has 0 saturated carbocycles. The Morgan fingerprint density at radius 3 is 2.53 bits per heavy atom. The maximum absolute atomic E-state index is 6.25. The first kappa shape index (κ1) is 16.0. The van der Waals surface area contributed by atoms with Crippen LogP contribution >= 0.6 is 0 Å². The van der Waals surface area contributed by atoms with Gasteiger partial charge in [-0.15, -0.1) is 0 Å². The van der Waals surface area contributed by atoms with Crippen molar-refractivity contribution in [2.24, 2.45) is 5.73 Å². The lowest BCUT2D eigenvalue weighted by Gasteiger charge is -2.13. The smallest absolute Gasteiger partial charge is 0.119 e. The first-order chi connectivity index (χ1) is 9.27. The molecule has 0 aliphatic heterocycles. The van der Waals surface area contributed by atoms with Crippen LogP contribution in [0.15, 0.2) is 24.3 Å². The van der Waals surface area contributed by atoms with Gasteiger partial charge in [-0.3, -0.25) is 0 Å². The number of hydrogen-bond acceptors (Lipinski definition) is 2. The molecule has 0 aliphatic carbocycles. The minimum atomic E-state index is 0.145. The summed E-state index contributed by atoms with van der Waals surface area (Å²) in [6.07, 6.45) is 8.99. The van der Waals surface area contributed by atoms with Crippen molar-refractivity contribution in [2.75, 3.05) is 6.61 Å². The largest absolute Gasteiger partial charge is 0.494 e. The molecule has 0 fully saturated rings. The van der Waals surface area contributed by atoms with Crippen LogP contribution in [0.2, 0.25) is 0 Å². The van der Waals surface area contributed by atoms with E-state index in [0.717, 1.165) is 12.2 Å². The summed E-state index contributed by atoms with van der Waals surface area (Å²) in [6.45, 7) is 4.96. The first-order valence-electron chi connectivity index (χ1n) is 7.76. The molecule has 0 amide bonds. The molecule has 0 radical (unpaired) electrons. The van der Waals surface area contributed by atoms with Crippen LogP contribution in [0.4, 0.5) is 0 Å². The lowest BCUT2D eigenvalue weighted by molar-refractivity contribution is 0.339. The van der Waals surface area contributed by atoms with Gasteiger partial charge in [0.05, 0.1) is 6.61 Å². The zero-order valence-electron chi connectivity index (χ0n) is 12.5. The Morgan fingerprint density at radius 2 is 1.79 bits per heavy atom. The average molecular weight is 263 g/mol. The maximum atomic E-state index is 6.25. The second-order valence-corrected chi connectivity index (χ2v) is 5.17. The minimum absolute atomic E-state index is 0.145. The van der Waals surface area contributed by atoms with E-state index >= 15 is 0 Å². The molecule has 2 heteroatoms. The lowest BCUT2D eigenvalue weighted by atomic mass is 10.0. The predicted molar refractivity (Wildman–Crippen MR) is 82.5 cm³/mol. The molecule has 0 aliphatic rings. The monoisotopic (exact) mass is 263 g/mol. The Bertz CT molecular complexity index is 338. The van der Waals surface area contributed by atoms with E-state index in [1.165, 1.54) is 44.1 Å². The van der Waals surface area contributed by atoms with Gasteiger partial charge in [0.25, 0.3) is 0 Å². The number of benzene rings is 1. The Labute approximate surface area is 118 Å². The minimum Gasteiger partial charge on any atom is -0.494 e. The lowest BCUT2D eigenvalue weighted by Crippen LogP contribution is -2.10. The van der Waals surface area contributed by atoms with E-state index in [-0.39, 0.29) is 6.04 Å². The van der Waals surface area contributed by atoms with Gasteiger partial charge in [-0.2, -0.15) is 0 Å². The van der Waals surface area contributed by atoms with Crippen LogP contribution in [0.5, 0.6) is 5.75 Å². The van der Waals surface area contributed by atoms with Crippen molar-refractivity contribution < 1.29 is 4.74 Å². The topological polar surface area (TPSA) is 35.2 Å². The summed E-state index contributed by atoms with van der Waals surface area (Å²) in [4.78, 5) is 0. The fourth-order valence-electron chi connectivity index (χ4n) is 2.31. The third kappa shape index (κ3) is 6.63. The zero-order valence-corrected chi connectivity index (χ0v) is 12.5. The highest BCUT2D eigenvalue weighted by molar-refractivity contribution is 5.30. The van der Waals surface area contributed by atoms with Crippen molar-refractivity contribution in [3.05, 3.63) is 29.8 Å². The molecule has 2 nitrogen and oxygen atoms in total. The van der Waals surface area contributed by atoms with Crippen molar-refractivity contribution in [1.29, 1.82) is 0 Å². The highest BCUT2D eigenvalue weighted by Gasteiger charge is 2.06. The number of ether oxygens (including phenoxy) is 1. The molecule has 0 bridgehead atoms. The fraction of sp³-hybridized carbons (Fsp3) is 0.647. The van der Waals surface area contributed by atoms with Gasteiger partial charge in [-0.25, -0.2) is 0 Å². The summed E-state index contributed by atoms with van der Waals surface area (Å²) in [5.74, 6) is 0.929. The first-order valence-corrected chi connectivity index (χ1v) is 7.76. The van der Waals surface area contributed by atoms with Gasteiger partial charge >= 0.3 is 0 Å². The molecule has 0 heterocycles. The molecule has 1 aromatic rings. The van der Waals surface area contributed by atoms with Crippen LogP contribution < -0.4 is 10.5 Å². The van der Waals surface area contributed by atoms with Crippen molar-refractivity contribution in [3.8, 4) is 5.75 Å². The molecular formula is C17H29NO. The van der Waals surface area contributed by atoms with Crippen molar-refractivity contribution in [3.63, 3.8) is 0 Å². The summed E-state index contributed by atoms with van der Waals surface area (Å²) < 4.78 is 5.51. The Morgan fingerprint density at radius 1 is 1.05 bits per heavy atom. The molecule has 0 spiro atoms. The van der Waals surface area contributed by atoms with Crippen LogP contribution in [0, 0.1) is 0 Å². The Kier molecular flexibility index (Phi) is 8.31. The summed E-state index contributed by atoms with van der Waals surface area (Å²) >= 11 is 0. The van der Waals surface area contributed by atoms with E-state index in [0.29, 0.717) is 6.61 Å². The molecule has 1 aromatic carbocycles. The van der Waals surface area contributed by atoms with Gasteiger partial charge in [0, 0.05) is 6.04 Å². The van der Waals surface area contributed by atoms with E-state index < -0.39 is 0 Å². The van der Waals surface area contributed by atoms with Crippen LogP contribution in [0.3, 0.4) is 0 Å². The zero-order chi connectivity index (χ0) is 13.9. The van der Waals surface area contributed by atoms with Crippen molar-refractivity contribution in [1.82, 2.24) is 0 Å². The van der Waals surface area contributed by atoms with Gasteiger partial charge in [0.1, 0.15) is 5.75 Å². The normalized spacial score (nSPS) is 12.4. The van der Waals surface area contributed by atoms with E-state index in [9.17, 15) is 0 Å². The molecule has 1 rings (SSSR count). The van der Waals surface area contributed by atoms with Gasteiger partial charge in [0.2, 0.25) is 0 Å². The fourth-order valence-corrected chi connectivity index (χ4v) is 2.31. The standard InChI is InChI=1S/C17H29NO/c1-3-5-6-7-8-9-13-17(18)15-11-10-12-16(14-15)19-4-2/h10-12,14,17H,3-9,13,18H2,1-2H3. The molecule has 1 unspecified atom stereocenters. The van der Waals surface area contributed by atoms with Crippen molar-refractivity contribution in [2.45, 2.75) is 64.8 Å². The molecule has 0 aromatic heterocycles. The van der Waals surface area contributed by atoms with E-state index in [2.05, 4.69) is 19.1 Å². The number of nitrogens with two attached hydrogens (primary N) is 1. The summed E-state index contributed by atoms with van der Waals surface area (Å²) in [7, 11) is 0. The third-order valence-electron chi connectivity index (χ3n) is 3.47. The Balaban J connectivity index is 2.28. The average Bonchev–Trinajstić information content (AvgIpc) is 2.43. The van der Waals surface area contributed by atoms with E-state index in [4.69, 9.17) is 10.5 Å². The van der Waals surface area contributed by atoms with Gasteiger partial charge in [0.15, 0.2) is 0 Å². The second kappa shape index (κ2) is 9.85. The van der Waals surface area contributed by atoms with Crippen LogP contribution in [0.25, 0.3) is 0 Å². The summed E-state index contributed by atoms with van der Waals surface area (Å²) in [5, 5.41) is 0. The van der Waals surface area contributed by atoms with Crippen LogP contribution in [-0.2, 0) is 0 Å². The van der Waals surface area contributed by atoms with Gasteiger partial charge in [-0.05, 0) is 31.0 Å². The van der Waals surface area contributed by atoms with Gasteiger partial charge < -0.3 is 10.5 Å². The van der Waals surface area contributed by atoms with E-state index in [1.807, 2.05) is 19.1 Å². The summed E-state index contributed by atoms with van der Waals surface area (Å²) in [6, 6.07) is 8.34. The molecule has 2 N–H and O–H groups in total. The predicted octanol–water partition coefficient (Wildman–Crippen LogP) is 4.84. The SMILES string of the molecule is CCCCCCCCC(N)c1cccc(OCC)c1. The number of rotatable bonds is 10. The summed E-state index contributed by atoms with van der Waals surface area (Å²) in [5.41, 5.74) is 7.44. The maximum Gasteiger partial charge on any atom is 0.119 e. The third-order valence-corrected chi connectivity index (χ3v) is 3.47. The molecule has 108 valence electrons. The Hall–Kier alpha value is -1.02. The number of hydrogen-bond donors (Lipinski definition) is 1. The highest BCUT2D eigenvalue weighted by Crippen LogP contribution is 2.22. The molecule has 1 atom stereocenters. The van der Waals surface area contributed by atoms with Crippen LogP contribution in [0.1, 0.15) is 70.4 Å². The molecule has 0 saturated heterocycles. The van der Waals surface area contributed by atoms with Crippen molar-refractivity contribution >= 4 is 0 Å². The van der Waals surface area contributed by atoms with E-state index in [1.54, 1.807) is 0 Å². The second-order valence-electron chi connectivity index (χ2n) is 5.17. The number of unbranched alkanes of at least 4 members (excludes halogenated alkanes) is 5. The van der Waals surface area contributed by atoms with Crippen LogP contribution in [-0.4, -0.2) is 6.61 Å². The molecular weight excluding hydrogens is 234 g/mol. The highest BCUT2D eigenvalue weighted by atomic mass is 16.5.